The highest BCUT2D eigenvalue weighted by atomic mass is 16.5. The molecule has 0 heterocycles. The Morgan fingerprint density at radius 2 is 1.94 bits per heavy atom. The number of nitrogens with one attached hydrogen (secondary N) is 1. The number of ether oxygens (including phenoxy) is 1. The highest BCUT2D eigenvalue weighted by molar-refractivity contribution is 5.90. The van der Waals surface area contributed by atoms with Gasteiger partial charge in [0.05, 0.1) is 13.0 Å². The molecule has 17 heavy (non-hydrogen) atoms. The van der Waals surface area contributed by atoms with Gasteiger partial charge in [-0.1, -0.05) is 12.1 Å². The molecule has 0 saturated heterocycles. The molecule has 0 aliphatic rings. The number of carbonyl (C=O) groups excluding carboxylic acids is 1. The van der Waals surface area contributed by atoms with Crippen LogP contribution >= 0.6 is 0 Å². The fourth-order valence-corrected chi connectivity index (χ4v) is 1.40. The molecule has 1 aromatic carbocycles. The van der Waals surface area contributed by atoms with Crippen LogP contribution in [0.25, 0.3) is 0 Å². The number of benzene rings is 1. The standard InChI is InChI=1S/C13H20N2O2/c1-13(2,14)10-4-6-11(7-5-10)15-12(16)8-9-17-3/h4-7H,8-9,14H2,1-3H3,(H,15,16). The van der Waals surface area contributed by atoms with Crippen molar-refractivity contribution in [1.82, 2.24) is 0 Å². The summed E-state index contributed by atoms with van der Waals surface area (Å²) in [4.78, 5) is 11.4. The molecule has 1 rings (SSSR count). The lowest BCUT2D eigenvalue weighted by Crippen LogP contribution is -2.28. The van der Waals surface area contributed by atoms with E-state index in [4.69, 9.17) is 10.5 Å². The van der Waals surface area contributed by atoms with Crippen molar-refractivity contribution in [2.45, 2.75) is 25.8 Å². The second-order valence-electron chi connectivity index (χ2n) is 4.59. The average molecular weight is 236 g/mol. The van der Waals surface area contributed by atoms with Gasteiger partial charge in [0.1, 0.15) is 0 Å². The van der Waals surface area contributed by atoms with Crippen LogP contribution in [0.5, 0.6) is 0 Å². The van der Waals surface area contributed by atoms with E-state index in [9.17, 15) is 4.79 Å². The van der Waals surface area contributed by atoms with Gasteiger partial charge in [-0.25, -0.2) is 0 Å². The molecule has 1 amide bonds. The van der Waals surface area contributed by atoms with E-state index in [2.05, 4.69) is 5.32 Å². The zero-order valence-corrected chi connectivity index (χ0v) is 10.6. The maximum absolute atomic E-state index is 11.4. The van der Waals surface area contributed by atoms with Crippen LogP contribution in [0.4, 0.5) is 5.69 Å². The van der Waals surface area contributed by atoms with Crippen LogP contribution in [-0.2, 0) is 15.1 Å². The summed E-state index contributed by atoms with van der Waals surface area (Å²) in [5.74, 6) is -0.0494. The second kappa shape index (κ2) is 5.80. The Labute approximate surface area is 102 Å². The molecule has 0 unspecified atom stereocenters. The molecule has 1 aromatic rings. The van der Waals surface area contributed by atoms with Crippen molar-refractivity contribution in [3.05, 3.63) is 29.8 Å². The van der Waals surface area contributed by atoms with Crippen molar-refractivity contribution in [3.8, 4) is 0 Å². The number of hydrogen-bond acceptors (Lipinski definition) is 3. The summed E-state index contributed by atoms with van der Waals surface area (Å²) in [6.07, 6.45) is 0.362. The number of carbonyl (C=O) groups is 1. The summed E-state index contributed by atoms with van der Waals surface area (Å²) in [5.41, 5.74) is 7.42. The van der Waals surface area contributed by atoms with Gasteiger partial charge in [-0.05, 0) is 31.5 Å². The summed E-state index contributed by atoms with van der Waals surface area (Å²) >= 11 is 0. The smallest absolute Gasteiger partial charge is 0.226 e. The molecule has 4 nitrogen and oxygen atoms in total. The number of nitrogens with two attached hydrogens (primary N) is 1. The number of amides is 1. The lowest BCUT2D eigenvalue weighted by atomic mass is 9.96. The third-order valence-electron chi connectivity index (χ3n) is 2.45. The predicted octanol–water partition coefficient (Wildman–Crippen LogP) is 1.86. The van der Waals surface area contributed by atoms with Gasteiger partial charge >= 0.3 is 0 Å². The molecule has 0 fully saturated rings. The highest BCUT2D eigenvalue weighted by Crippen LogP contribution is 2.19. The van der Waals surface area contributed by atoms with Crippen molar-refractivity contribution in [3.63, 3.8) is 0 Å². The SMILES string of the molecule is COCCC(=O)Nc1ccc(C(C)(C)N)cc1. The van der Waals surface area contributed by atoms with Crippen LogP contribution in [-0.4, -0.2) is 19.6 Å². The first-order valence-electron chi connectivity index (χ1n) is 5.61. The lowest BCUT2D eigenvalue weighted by Gasteiger charge is -2.19. The van der Waals surface area contributed by atoms with Gasteiger partial charge in [0.2, 0.25) is 5.91 Å². The second-order valence-corrected chi connectivity index (χ2v) is 4.59. The van der Waals surface area contributed by atoms with Crippen LogP contribution in [0, 0.1) is 0 Å². The van der Waals surface area contributed by atoms with Crippen molar-refractivity contribution in [1.29, 1.82) is 0 Å². The quantitative estimate of drug-likeness (QED) is 0.820. The molecule has 3 N–H and O–H groups in total. The Morgan fingerprint density at radius 1 is 1.35 bits per heavy atom. The number of hydrogen-bond donors (Lipinski definition) is 2. The van der Waals surface area contributed by atoms with E-state index in [1.165, 1.54) is 0 Å². The third-order valence-corrected chi connectivity index (χ3v) is 2.45. The average Bonchev–Trinajstić information content (AvgIpc) is 2.26. The van der Waals surface area contributed by atoms with Gasteiger partial charge in [-0.2, -0.15) is 0 Å². The summed E-state index contributed by atoms with van der Waals surface area (Å²) in [6, 6.07) is 7.56. The van der Waals surface area contributed by atoms with E-state index in [-0.39, 0.29) is 11.4 Å². The summed E-state index contributed by atoms with van der Waals surface area (Å²) < 4.78 is 4.84. The monoisotopic (exact) mass is 236 g/mol. The van der Waals surface area contributed by atoms with Crippen molar-refractivity contribution in [2.75, 3.05) is 19.0 Å². The number of rotatable bonds is 5. The topological polar surface area (TPSA) is 64.3 Å². The van der Waals surface area contributed by atoms with Crippen molar-refractivity contribution >= 4 is 11.6 Å². The maximum atomic E-state index is 11.4. The molecule has 0 bridgehead atoms. The van der Waals surface area contributed by atoms with Gasteiger partial charge in [0.15, 0.2) is 0 Å². The van der Waals surface area contributed by atoms with Crippen molar-refractivity contribution < 1.29 is 9.53 Å². The molecular weight excluding hydrogens is 216 g/mol. The first-order valence-corrected chi connectivity index (χ1v) is 5.61. The van der Waals surface area contributed by atoms with Gasteiger partial charge in [-0.3, -0.25) is 4.79 Å². The van der Waals surface area contributed by atoms with E-state index in [0.717, 1.165) is 11.3 Å². The largest absolute Gasteiger partial charge is 0.384 e. The first-order chi connectivity index (χ1) is 7.93. The Hall–Kier alpha value is -1.39. The van der Waals surface area contributed by atoms with E-state index >= 15 is 0 Å². The fraction of sp³-hybridized carbons (Fsp3) is 0.462. The van der Waals surface area contributed by atoms with E-state index < -0.39 is 0 Å². The molecule has 0 aliphatic carbocycles. The van der Waals surface area contributed by atoms with Crippen LogP contribution in [0.1, 0.15) is 25.8 Å². The zero-order valence-electron chi connectivity index (χ0n) is 10.6. The lowest BCUT2D eigenvalue weighted by molar-refractivity contribution is -0.117. The third kappa shape index (κ3) is 4.54. The maximum Gasteiger partial charge on any atom is 0.226 e. The molecule has 0 spiro atoms. The van der Waals surface area contributed by atoms with E-state index in [0.29, 0.717) is 13.0 Å². The fourth-order valence-electron chi connectivity index (χ4n) is 1.40. The van der Waals surface area contributed by atoms with Gasteiger partial charge in [-0.15, -0.1) is 0 Å². The highest BCUT2D eigenvalue weighted by Gasteiger charge is 2.13. The molecule has 0 saturated carbocycles. The molecule has 0 atom stereocenters. The summed E-state index contributed by atoms with van der Waals surface area (Å²) in [7, 11) is 1.57. The Morgan fingerprint density at radius 3 is 2.41 bits per heavy atom. The van der Waals surface area contributed by atoms with Crippen LogP contribution < -0.4 is 11.1 Å². The van der Waals surface area contributed by atoms with E-state index in [1.807, 2.05) is 38.1 Å². The minimum atomic E-state index is -0.363. The molecule has 0 aliphatic heterocycles. The van der Waals surface area contributed by atoms with Crippen LogP contribution in [0.2, 0.25) is 0 Å². The predicted molar refractivity (Wildman–Crippen MR) is 68.8 cm³/mol. The zero-order chi connectivity index (χ0) is 12.9. The first kappa shape index (κ1) is 13.7. The minimum Gasteiger partial charge on any atom is -0.384 e. The van der Waals surface area contributed by atoms with Crippen LogP contribution in [0.15, 0.2) is 24.3 Å². The Balaban J connectivity index is 2.60. The number of anilines is 1. The van der Waals surface area contributed by atoms with Gasteiger partial charge in [0.25, 0.3) is 0 Å². The normalized spacial score (nSPS) is 11.3. The van der Waals surface area contributed by atoms with Gasteiger partial charge in [0, 0.05) is 18.3 Å². The minimum absolute atomic E-state index is 0.0494. The Bertz CT molecular complexity index is 366. The van der Waals surface area contributed by atoms with Crippen molar-refractivity contribution in [2.24, 2.45) is 5.73 Å². The van der Waals surface area contributed by atoms with Crippen LogP contribution in [0.3, 0.4) is 0 Å². The summed E-state index contributed by atoms with van der Waals surface area (Å²) in [5, 5.41) is 2.80. The molecule has 0 radical (unpaired) electrons. The molecule has 94 valence electrons. The molecular formula is C13H20N2O2. The Kier molecular flexibility index (Phi) is 4.66. The van der Waals surface area contributed by atoms with Gasteiger partial charge < -0.3 is 15.8 Å². The summed E-state index contributed by atoms with van der Waals surface area (Å²) in [6.45, 7) is 4.32. The molecule has 0 aromatic heterocycles. The molecule has 4 heteroatoms. The van der Waals surface area contributed by atoms with E-state index in [1.54, 1.807) is 7.11 Å². The number of methoxy groups -OCH3 is 1.